The quantitative estimate of drug-likeness (QED) is 0.868. The molecule has 0 bridgehead atoms. The van der Waals surface area contributed by atoms with Gasteiger partial charge in [-0.25, -0.2) is 8.42 Å². The lowest BCUT2D eigenvalue weighted by Gasteiger charge is -2.07. The van der Waals surface area contributed by atoms with Crippen LogP contribution in [0, 0.1) is 5.92 Å². The summed E-state index contributed by atoms with van der Waals surface area (Å²) in [7, 11) is -2.91. The molecule has 0 spiro atoms. The number of nitrogens with zero attached hydrogens (tertiary/aromatic N) is 1. The van der Waals surface area contributed by atoms with Crippen molar-refractivity contribution in [3.05, 3.63) is 42.1 Å². The van der Waals surface area contributed by atoms with Crippen molar-refractivity contribution in [3.63, 3.8) is 0 Å². The van der Waals surface area contributed by atoms with Crippen molar-refractivity contribution >= 4 is 26.5 Å². The average molecular weight is 303 g/mol. The van der Waals surface area contributed by atoms with E-state index >= 15 is 0 Å². The maximum atomic E-state index is 12.1. The van der Waals surface area contributed by atoms with Crippen molar-refractivity contribution in [1.29, 1.82) is 0 Å². The number of hydrogen-bond donors (Lipinski definition) is 0. The fraction of sp³-hybridized carbons (Fsp3) is 0.375. The summed E-state index contributed by atoms with van der Waals surface area (Å²) in [4.78, 5) is 16.6. The van der Waals surface area contributed by atoms with Crippen LogP contribution in [0.25, 0.3) is 10.9 Å². The van der Waals surface area contributed by atoms with Crippen LogP contribution >= 0.6 is 0 Å². The van der Waals surface area contributed by atoms with E-state index in [4.69, 9.17) is 0 Å². The molecule has 110 valence electrons. The summed E-state index contributed by atoms with van der Waals surface area (Å²) in [5.74, 6) is 0.436. The van der Waals surface area contributed by atoms with Crippen molar-refractivity contribution in [2.45, 2.75) is 19.3 Å². The number of rotatable bonds is 4. The molecule has 0 radical (unpaired) electrons. The Morgan fingerprint density at radius 2 is 2.00 bits per heavy atom. The van der Waals surface area contributed by atoms with Crippen LogP contribution in [0.4, 0.5) is 0 Å². The van der Waals surface area contributed by atoms with E-state index in [1.807, 2.05) is 36.4 Å². The van der Waals surface area contributed by atoms with E-state index in [-0.39, 0.29) is 29.6 Å². The van der Waals surface area contributed by atoms with Crippen LogP contribution in [0.5, 0.6) is 0 Å². The number of para-hydroxylation sites is 1. The third kappa shape index (κ3) is 3.47. The maximum Gasteiger partial charge on any atom is 0.150 e. The number of carbonyl (C=O) groups is 1. The standard InChI is InChI=1S/C16H17NO3S/c18-15(9-12-7-8-21(19,20)11-12)10-14-6-5-13-3-1-2-4-16(13)17-14/h1-6,12H,7-11H2. The molecule has 0 saturated carbocycles. The van der Waals surface area contributed by atoms with Crippen LogP contribution in [0.3, 0.4) is 0 Å². The monoisotopic (exact) mass is 303 g/mol. The average Bonchev–Trinajstić information content (AvgIpc) is 2.77. The second kappa shape index (κ2) is 5.56. The van der Waals surface area contributed by atoms with E-state index < -0.39 is 9.84 Å². The first-order valence-electron chi connectivity index (χ1n) is 7.09. The third-order valence-corrected chi connectivity index (χ3v) is 5.71. The molecule has 0 amide bonds. The van der Waals surface area contributed by atoms with Gasteiger partial charge in [0.2, 0.25) is 0 Å². The lowest BCUT2D eigenvalue weighted by atomic mass is 9.99. The van der Waals surface area contributed by atoms with Crippen molar-refractivity contribution in [2.24, 2.45) is 5.92 Å². The van der Waals surface area contributed by atoms with Gasteiger partial charge in [-0.2, -0.15) is 0 Å². The van der Waals surface area contributed by atoms with E-state index in [1.165, 1.54) is 0 Å². The van der Waals surface area contributed by atoms with Crippen LogP contribution < -0.4 is 0 Å². The largest absolute Gasteiger partial charge is 0.299 e. The highest BCUT2D eigenvalue weighted by Gasteiger charge is 2.29. The Kier molecular flexibility index (Phi) is 3.76. The molecule has 2 aromatic rings. The molecular formula is C16H17NO3S. The van der Waals surface area contributed by atoms with E-state index in [0.29, 0.717) is 12.8 Å². The minimum absolute atomic E-state index is 0.0112. The molecule has 1 aliphatic rings. The Labute approximate surface area is 124 Å². The van der Waals surface area contributed by atoms with E-state index in [0.717, 1.165) is 16.6 Å². The molecule has 1 aromatic carbocycles. The zero-order chi connectivity index (χ0) is 14.9. The van der Waals surface area contributed by atoms with E-state index in [1.54, 1.807) is 0 Å². The number of aromatic nitrogens is 1. The van der Waals surface area contributed by atoms with Crippen LogP contribution in [0.15, 0.2) is 36.4 Å². The van der Waals surface area contributed by atoms with Gasteiger partial charge < -0.3 is 0 Å². The fourth-order valence-electron chi connectivity index (χ4n) is 2.84. The summed E-state index contributed by atoms with van der Waals surface area (Å²) in [6.45, 7) is 0. The van der Waals surface area contributed by atoms with Gasteiger partial charge in [-0.3, -0.25) is 9.78 Å². The first kappa shape index (κ1) is 14.2. The lowest BCUT2D eigenvalue weighted by Crippen LogP contribution is -2.12. The molecule has 1 atom stereocenters. The molecule has 2 heterocycles. The Balaban J connectivity index is 1.66. The molecular weight excluding hydrogens is 286 g/mol. The topological polar surface area (TPSA) is 64.1 Å². The first-order valence-corrected chi connectivity index (χ1v) is 8.91. The number of fused-ring (bicyclic) bond motifs is 1. The summed E-state index contributed by atoms with van der Waals surface area (Å²) in [5, 5.41) is 1.05. The van der Waals surface area contributed by atoms with Crippen molar-refractivity contribution in [1.82, 2.24) is 4.98 Å². The minimum Gasteiger partial charge on any atom is -0.299 e. The van der Waals surface area contributed by atoms with Gasteiger partial charge in [0.15, 0.2) is 9.84 Å². The normalized spacial score (nSPS) is 20.7. The molecule has 4 nitrogen and oxygen atoms in total. The number of ketones is 1. The Hall–Kier alpha value is -1.75. The molecule has 1 aromatic heterocycles. The van der Waals surface area contributed by atoms with Gasteiger partial charge in [0.1, 0.15) is 5.78 Å². The summed E-state index contributed by atoms with van der Waals surface area (Å²) < 4.78 is 22.8. The van der Waals surface area contributed by atoms with Gasteiger partial charge in [0.05, 0.1) is 17.0 Å². The molecule has 1 saturated heterocycles. The fourth-order valence-corrected chi connectivity index (χ4v) is 4.70. The highest BCUT2D eigenvalue weighted by Crippen LogP contribution is 2.22. The van der Waals surface area contributed by atoms with Crippen LogP contribution in [-0.2, 0) is 21.1 Å². The molecule has 0 aliphatic carbocycles. The van der Waals surface area contributed by atoms with Gasteiger partial charge in [-0.15, -0.1) is 0 Å². The second-order valence-corrected chi connectivity index (χ2v) is 7.91. The van der Waals surface area contributed by atoms with Gasteiger partial charge in [-0.1, -0.05) is 24.3 Å². The molecule has 1 aliphatic heterocycles. The van der Waals surface area contributed by atoms with E-state index in [2.05, 4.69) is 4.98 Å². The molecule has 0 N–H and O–H groups in total. The summed E-state index contributed by atoms with van der Waals surface area (Å²) in [6, 6.07) is 11.6. The molecule has 1 unspecified atom stereocenters. The predicted molar refractivity (Wildman–Crippen MR) is 81.8 cm³/mol. The molecule has 5 heteroatoms. The zero-order valence-corrected chi connectivity index (χ0v) is 12.5. The van der Waals surface area contributed by atoms with Crippen molar-refractivity contribution in [3.8, 4) is 0 Å². The smallest absolute Gasteiger partial charge is 0.150 e. The van der Waals surface area contributed by atoms with Gasteiger partial charge in [0.25, 0.3) is 0 Å². The third-order valence-electron chi connectivity index (χ3n) is 3.88. The Morgan fingerprint density at radius 3 is 2.76 bits per heavy atom. The highest BCUT2D eigenvalue weighted by atomic mass is 32.2. The number of hydrogen-bond acceptors (Lipinski definition) is 4. The summed E-state index contributed by atoms with van der Waals surface area (Å²) >= 11 is 0. The lowest BCUT2D eigenvalue weighted by molar-refractivity contribution is -0.119. The number of benzene rings is 1. The number of carbonyl (C=O) groups excluding carboxylic acids is 1. The van der Waals surface area contributed by atoms with Crippen LogP contribution in [0.1, 0.15) is 18.5 Å². The second-order valence-electron chi connectivity index (χ2n) is 5.68. The minimum atomic E-state index is -2.91. The summed E-state index contributed by atoms with van der Waals surface area (Å²) in [5.41, 5.74) is 1.63. The van der Waals surface area contributed by atoms with Crippen LogP contribution in [-0.4, -0.2) is 30.7 Å². The summed E-state index contributed by atoms with van der Waals surface area (Å²) in [6.07, 6.45) is 1.23. The van der Waals surface area contributed by atoms with Gasteiger partial charge in [0, 0.05) is 23.9 Å². The van der Waals surface area contributed by atoms with E-state index in [9.17, 15) is 13.2 Å². The number of pyridine rings is 1. The molecule has 1 fully saturated rings. The maximum absolute atomic E-state index is 12.1. The molecule has 3 rings (SSSR count). The molecule has 21 heavy (non-hydrogen) atoms. The van der Waals surface area contributed by atoms with Gasteiger partial charge >= 0.3 is 0 Å². The van der Waals surface area contributed by atoms with Crippen molar-refractivity contribution in [2.75, 3.05) is 11.5 Å². The Bertz CT molecular complexity index is 783. The first-order chi connectivity index (χ1) is 10.0. The number of Topliss-reactive ketones (excluding diaryl/α,β-unsaturated/α-hetero) is 1. The highest BCUT2D eigenvalue weighted by molar-refractivity contribution is 7.91. The van der Waals surface area contributed by atoms with Gasteiger partial charge in [-0.05, 0) is 24.5 Å². The Morgan fingerprint density at radius 1 is 1.19 bits per heavy atom. The predicted octanol–water partition coefficient (Wildman–Crippen LogP) is 2.17. The SMILES string of the molecule is O=C(Cc1ccc2ccccc2n1)CC1CCS(=O)(=O)C1. The van der Waals surface area contributed by atoms with Crippen molar-refractivity contribution < 1.29 is 13.2 Å². The zero-order valence-electron chi connectivity index (χ0n) is 11.7. The number of sulfone groups is 1. The van der Waals surface area contributed by atoms with Crippen LogP contribution in [0.2, 0.25) is 0 Å².